The molecule has 7 nitrogen and oxygen atoms in total. The molecule has 0 bridgehead atoms. The van der Waals surface area contributed by atoms with Crippen LogP contribution in [0, 0.1) is 0 Å². The van der Waals surface area contributed by atoms with Crippen molar-refractivity contribution in [3.63, 3.8) is 0 Å². The lowest BCUT2D eigenvalue weighted by Gasteiger charge is -2.40. The molecule has 152 valence electrons. The maximum absolute atomic E-state index is 13.0. The Morgan fingerprint density at radius 3 is 2.83 bits per heavy atom. The Balaban J connectivity index is 1.78. The van der Waals surface area contributed by atoms with Crippen LogP contribution in [0.2, 0.25) is 0 Å². The number of nitrogens with one attached hydrogen (secondary N) is 1. The highest BCUT2D eigenvalue weighted by Gasteiger charge is 2.43. The summed E-state index contributed by atoms with van der Waals surface area (Å²) in [5.74, 6) is -1.04. The number of hydrogen-bond donors (Lipinski definition) is 1. The molecule has 0 spiro atoms. The normalized spacial score (nSPS) is 18.5. The number of amides is 1. The molecule has 0 radical (unpaired) electrons. The maximum Gasteiger partial charge on any atom is 0.328 e. The number of carbonyl (C=O) groups excluding carboxylic acids is 2. The van der Waals surface area contributed by atoms with Crippen LogP contribution >= 0.6 is 23.3 Å². The number of H-pyrrole nitrogens is 1. The fourth-order valence-corrected chi connectivity index (χ4v) is 4.96. The summed E-state index contributed by atoms with van der Waals surface area (Å²) in [5, 5.41) is 1.03. The third kappa shape index (κ3) is 2.86. The molecule has 2 aromatic carbocycles. The van der Waals surface area contributed by atoms with Gasteiger partial charge in [-0.15, -0.1) is 11.6 Å². The number of alkyl halides is 1. The molecule has 9 heteroatoms. The van der Waals surface area contributed by atoms with Gasteiger partial charge in [0.05, 0.1) is 24.9 Å². The van der Waals surface area contributed by atoms with E-state index in [1.54, 1.807) is 0 Å². The van der Waals surface area contributed by atoms with Crippen molar-refractivity contribution in [3.05, 3.63) is 59.3 Å². The summed E-state index contributed by atoms with van der Waals surface area (Å²) in [4.78, 5) is 30.7. The van der Waals surface area contributed by atoms with E-state index in [2.05, 4.69) is 13.7 Å². The molecule has 2 aromatic heterocycles. The van der Waals surface area contributed by atoms with Crippen molar-refractivity contribution >= 4 is 57.1 Å². The number of aromatic amines is 1. The quantitative estimate of drug-likeness (QED) is 0.389. The summed E-state index contributed by atoms with van der Waals surface area (Å²) in [6.45, 7) is 0. The van der Waals surface area contributed by atoms with Crippen LogP contribution in [0.3, 0.4) is 0 Å². The number of nitrogens with zero attached hydrogens (tertiary/aromatic N) is 3. The van der Waals surface area contributed by atoms with Gasteiger partial charge in [-0.25, -0.2) is 4.79 Å². The SMILES string of the molecule is COC(=O)[C@H]1Cc2c([nH]c3ccccc23)[C@@H](c2ccc3nsnc3c2)N1C(=O)CCl. The van der Waals surface area contributed by atoms with Gasteiger partial charge in [0.25, 0.3) is 0 Å². The van der Waals surface area contributed by atoms with Crippen LogP contribution in [0.1, 0.15) is 22.9 Å². The molecule has 1 N–H and O–H groups in total. The van der Waals surface area contributed by atoms with E-state index in [4.69, 9.17) is 16.3 Å². The molecule has 0 fully saturated rings. The Bertz CT molecular complexity index is 1280. The number of benzene rings is 2. The fourth-order valence-electron chi connectivity index (χ4n) is 4.30. The second-order valence-electron chi connectivity index (χ2n) is 7.16. The number of methoxy groups -OCH3 is 1. The smallest absolute Gasteiger partial charge is 0.328 e. The van der Waals surface area contributed by atoms with Crippen LogP contribution < -0.4 is 0 Å². The summed E-state index contributed by atoms with van der Waals surface area (Å²) in [5.41, 5.74) is 5.19. The van der Waals surface area contributed by atoms with Gasteiger partial charge < -0.3 is 14.6 Å². The first-order valence-corrected chi connectivity index (χ1v) is 10.7. The molecule has 5 rings (SSSR count). The first-order chi connectivity index (χ1) is 14.6. The molecular formula is C21H17ClN4O3S. The van der Waals surface area contributed by atoms with E-state index in [1.807, 2.05) is 42.5 Å². The second kappa shape index (κ2) is 7.37. The van der Waals surface area contributed by atoms with Crippen molar-refractivity contribution in [2.24, 2.45) is 0 Å². The first-order valence-electron chi connectivity index (χ1n) is 9.39. The summed E-state index contributed by atoms with van der Waals surface area (Å²) in [6.07, 6.45) is 0.353. The molecule has 3 heterocycles. The van der Waals surface area contributed by atoms with Crippen molar-refractivity contribution in [2.45, 2.75) is 18.5 Å². The highest BCUT2D eigenvalue weighted by molar-refractivity contribution is 7.00. The number of ether oxygens (including phenoxy) is 1. The molecule has 0 unspecified atom stereocenters. The van der Waals surface area contributed by atoms with E-state index in [0.717, 1.165) is 50.5 Å². The summed E-state index contributed by atoms with van der Waals surface area (Å²) >= 11 is 7.10. The third-order valence-corrected chi connectivity index (χ3v) is 6.39. The van der Waals surface area contributed by atoms with Gasteiger partial charge in [0, 0.05) is 23.0 Å². The second-order valence-corrected chi connectivity index (χ2v) is 7.95. The van der Waals surface area contributed by atoms with E-state index in [9.17, 15) is 9.59 Å². The number of hydrogen-bond acceptors (Lipinski definition) is 6. The number of aromatic nitrogens is 3. The molecule has 1 amide bonds. The summed E-state index contributed by atoms with van der Waals surface area (Å²) in [6, 6.07) is 12.3. The Labute approximate surface area is 180 Å². The summed E-state index contributed by atoms with van der Waals surface area (Å²) in [7, 11) is 1.33. The van der Waals surface area contributed by atoms with Gasteiger partial charge >= 0.3 is 5.97 Å². The van der Waals surface area contributed by atoms with Crippen LogP contribution in [0.5, 0.6) is 0 Å². The number of para-hydroxylation sites is 1. The van der Waals surface area contributed by atoms with Crippen LogP contribution in [0.25, 0.3) is 21.9 Å². The van der Waals surface area contributed by atoms with Gasteiger partial charge in [-0.3, -0.25) is 4.79 Å². The Morgan fingerprint density at radius 1 is 1.23 bits per heavy atom. The molecule has 0 saturated carbocycles. The van der Waals surface area contributed by atoms with Gasteiger partial charge in [0.2, 0.25) is 5.91 Å². The molecule has 0 saturated heterocycles. The van der Waals surface area contributed by atoms with Gasteiger partial charge in [-0.05, 0) is 29.3 Å². The number of esters is 1. The zero-order chi connectivity index (χ0) is 20.8. The van der Waals surface area contributed by atoms with Crippen molar-refractivity contribution in [1.82, 2.24) is 18.6 Å². The lowest BCUT2D eigenvalue weighted by molar-refractivity contribution is -0.154. The Morgan fingerprint density at radius 2 is 2.03 bits per heavy atom. The molecule has 0 aliphatic carbocycles. The van der Waals surface area contributed by atoms with Crippen molar-refractivity contribution in [3.8, 4) is 0 Å². The number of halogens is 1. The first kappa shape index (κ1) is 19.0. The van der Waals surface area contributed by atoms with Crippen LogP contribution in [0.4, 0.5) is 0 Å². The minimum Gasteiger partial charge on any atom is -0.467 e. The Hall–Kier alpha value is -2.97. The van der Waals surface area contributed by atoms with Crippen LogP contribution in [-0.2, 0) is 20.7 Å². The largest absolute Gasteiger partial charge is 0.467 e. The van der Waals surface area contributed by atoms with Gasteiger partial charge in [-0.1, -0.05) is 24.3 Å². The van der Waals surface area contributed by atoms with Gasteiger partial charge in [0.1, 0.15) is 23.0 Å². The van der Waals surface area contributed by atoms with Crippen molar-refractivity contribution in [1.29, 1.82) is 0 Å². The average molecular weight is 441 g/mol. The minimum atomic E-state index is -0.776. The van der Waals surface area contributed by atoms with Crippen molar-refractivity contribution < 1.29 is 14.3 Å². The van der Waals surface area contributed by atoms with Gasteiger partial charge in [-0.2, -0.15) is 8.75 Å². The standard InChI is InChI=1S/C21H17ClN4O3S/c1-29-21(28)17-9-13-12-4-2-3-5-14(12)23-19(13)20(26(17)18(27)10-22)11-6-7-15-16(8-11)25-30-24-15/h2-8,17,20,23H,9-10H2,1H3/t17-,20-/m1/s1. The van der Waals surface area contributed by atoms with E-state index >= 15 is 0 Å². The third-order valence-electron chi connectivity index (χ3n) is 5.60. The average Bonchev–Trinajstić information content (AvgIpc) is 3.40. The molecule has 4 aromatic rings. The molecule has 1 aliphatic rings. The highest BCUT2D eigenvalue weighted by atomic mass is 35.5. The molecular weight excluding hydrogens is 424 g/mol. The zero-order valence-electron chi connectivity index (χ0n) is 16.0. The minimum absolute atomic E-state index is 0.236. The predicted molar refractivity (Wildman–Crippen MR) is 115 cm³/mol. The maximum atomic E-state index is 13.0. The molecule has 30 heavy (non-hydrogen) atoms. The van der Waals surface area contributed by atoms with Crippen LogP contribution in [-0.4, -0.2) is 49.5 Å². The monoisotopic (exact) mass is 440 g/mol. The van der Waals surface area contributed by atoms with Crippen molar-refractivity contribution in [2.75, 3.05) is 13.0 Å². The number of carbonyl (C=O) groups is 2. The van der Waals surface area contributed by atoms with E-state index < -0.39 is 18.1 Å². The number of rotatable bonds is 3. The fraction of sp³-hybridized carbons (Fsp3) is 0.238. The van der Waals surface area contributed by atoms with Crippen LogP contribution in [0.15, 0.2) is 42.5 Å². The lowest BCUT2D eigenvalue weighted by Crippen LogP contribution is -2.52. The zero-order valence-corrected chi connectivity index (χ0v) is 17.5. The molecule has 2 atom stereocenters. The van der Waals surface area contributed by atoms with E-state index in [-0.39, 0.29) is 11.8 Å². The molecule has 1 aliphatic heterocycles. The highest BCUT2D eigenvalue weighted by Crippen LogP contribution is 2.41. The van der Waals surface area contributed by atoms with Gasteiger partial charge in [0.15, 0.2) is 0 Å². The topological polar surface area (TPSA) is 88.2 Å². The Kier molecular flexibility index (Phi) is 4.67. The summed E-state index contributed by atoms with van der Waals surface area (Å²) < 4.78 is 13.6. The van der Waals surface area contributed by atoms with E-state index in [0.29, 0.717) is 6.42 Å². The lowest BCUT2D eigenvalue weighted by atomic mass is 9.87. The van der Waals surface area contributed by atoms with E-state index in [1.165, 1.54) is 12.0 Å². The predicted octanol–water partition coefficient (Wildman–Crippen LogP) is 3.43. The number of fused-ring (bicyclic) bond motifs is 4.